The molecule has 1 rings (SSSR count). The van der Waals surface area contributed by atoms with Gasteiger partial charge in [-0.3, -0.25) is 4.90 Å². The summed E-state index contributed by atoms with van der Waals surface area (Å²) in [6, 6.07) is 0. The van der Waals surface area contributed by atoms with Crippen molar-refractivity contribution in [3.63, 3.8) is 0 Å². The highest BCUT2D eigenvalue weighted by molar-refractivity contribution is 7.90. The quantitative estimate of drug-likeness (QED) is 0.332. The van der Waals surface area contributed by atoms with Gasteiger partial charge in [-0.05, 0) is 25.3 Å². The second-order valence-corrected chi connectivity index (χ2v) is 11.1. The zero-order chi connectivity index (χ0) is 22.5. The lowest BCUT2D eigenvalue weighted by atomic mass is 9.91. The van der Waals surface area contributed by atoms with Crippen LogP contribution in [0.25, 0.3) is 0 Å². The van der Waals surface area contributed by atoms with Gasteiger partial charge in [0.2, 0.25) is 0 Å². The van der Waals surface area contributed by atoms with Gasteiger partial charge in [0.1, 0.15) is 9.84 Å². The third-order valence-corrected chi connectivity index (χ3v) is 5.21. The molecule has 9 nitrogen and oxygen atoms in total. The average molecular weight is 449 g/mol. The van der Waals surface area contributed by atoms with Gasteiger partial charge >= 0.3 is 0 Å². The maximum Gasteiger partial charge on any atom is 0.148 e. The van der Waals surface area contributed by atoms with Gasteiger partial charge in [-0.2, -0.15) is 0 Å². The number of ether oxygens (including phenoxy) is 3. The zero-order valence-corrected chi connectivity index (χ0v) is 20.1. The van der Waals surface area contributed by atoms with Crippen LogP contribution in [-0.4, -0.2) is 93.6 Å². The predicted molar refractivity (Wildman–Crippen MR) is 117 cm³/mol. The minimum atomic E-state index is -2.96. The molecule has 0 aliphatic rings. The predicted octanol–water partition coefficient (Wildman–Crippen LogP) is 1.63. The van der Waals surface area contributed by atoms with Crippen LogP contribution in [0.5, 0.6) is 0 Å². The van der Waals surface area contributed by atoms with Crippen LogP contribution >= 0.6 is 0 Å². The molecule has 0 aliphatic heterocycles. The first-order chi connectivity index (χ1) is 14.1. The molecule has 0 aromatic carbocycles. The Morgan fingerprint density at radius 2 is 1.63 bits per heavy atom. The van der Waals surface area contributed by atoms with Gasteiger partial charge < -0.3 is 14.2 Å². The van der Waals surface area contributed by atoms with E-state index in [2.05, 4.69) is 31.1 Å². The van der Waals surface area contributed by atoms with Crippen LogP contribution in [0.3, 0.4) is 0 Å². The van der Waals surface area contributed by atoms with Crippen molar-refractivity contribution in [2.45, 2.75) is 46.7 Å². The summed E-state index contributed by atoms with van der Waals surface area (Å²) >= 11 is 0. The smallest absolute Gasteiger partial charge is 0.148 e. The van der Waals surface area contributed by atoms with E-state index in [4.69, 9.17) is 14.2 Å². The number of sulfone groups is 1. The van der Waals surface area contributed by atoms with Crippen molar-refractivity contribution in [1.82, 2.24) is 19.9 Å². The molecule has 1 aromatic heterocycles. The van der Waals surface area contributed by atoms with Gasteiger partial charge in [0.25, 0.3) is 0 Å². The van der Waals surface area contributed by atoms with E-state index in [1.54, 1.807) is 4.68 Å². The number of hydrogen-bond donors (Lipinski definition) is 0. The summed E-state index contributed by atoms with van der Waals surface area (Å²) in [4.78, 5) is 1.91. The molecule has 0 atom stereocenters. The highest BCUT2D eigenvalue weighted by Crippen LogP contribution is 2.20. The van der Waals surface area contributed by atoms with E-state index >= 15 is 0 Å². The highest BCUT2D eigenvalue weighted by atomic mass is 32.2. The van der Waals surface area contributed by atoms with Crippen LogP contribution in [0.1, 0.15) is 39.3 Å². The molecule has 0 aliphatic carbocycles. The molecule has 1 aromatic rings. The van der Waals surface area contributed by atoms with Gasteiger partial charge in [-0.25, -0.2) is 13.1 Å². The highest BCUT2D eigenvalue weighted by Gasteiger charge is 2.09. The maximum atomic E-state index is 11.2. The molecule has 0 amide bonds. The molecule has 0 fully saturated rings. The van der Waals surface area contributed by atoms with E-state index in [0.717, 1.165) is 25.1 Å². The van der Waals surface area contributed by atoms with Crippen LogP contribution in [0, 0.1) is 5.41 Å². The first kappa shape index (κ1) is 27.0. The Hall–Kier alpha value is -1.07. The molecule has 0 unspecified atom stereocenters. The summed E-state index contributed by atoms with van der Waals surface area (Å²) in [5.41, 5.74) is 1.17. The summed E-state index contributed by atoms with van der Waals surface area (Å²) in [6.45, 7) is 11.9. The fourth-order valence-corrected chi connectivity index (χ4v) is 3.25. The van der Waals surface area contributed by atoms with Gasteiger partial charge in [0.15, 0.2) is 0 Å². The lowest BCUT2D eigenvalue weighted by molar-refractivity contribution is 0.0113. The Bertz CT molecular complexity index is 673. The topological polar surface area (TPSA) is 95.8 Å². The molecule has 10 heteroatoms. The van der Waals surface area contributed by atoms with Crippen molar-refractivity contribution in [3.05, 3.63) is 11.9 Å². The standard InChI is InChI=1S/C20H40N4O5S/c1-20(2,3)7-6-10-27-12-14-29-15-13-28-11-8-24-18-19(21-22-24)17-23(4)9-16-30(5,25)26/h18H,6-17H2,1-5H3. The number of rotatable bonds is 17. The van der Waals surface area contributed by atoms with Crippen LogP contribution in [0.4, 0.5) is 0 Å². The van der Waals surface area contributed by atoms with Gasteiger partial charge in [-0.1, -0.05) is 26.0 Å². The van der Waals surface area contributed by atoms with Crippen molar-refractivity contribution in [1.29, 1.82) is 0 Å². The normalized spacial score (nSPS) is 12.7. The SMILES string of the molecule is CN(CCS(C)(=O)=O)Cc1cn(CCOCCOCCOCCCC(C)(C)C)nn1. The minimum absolute atomic E-state index is 0.136. The van der Waals surface area contributed by atoms with Gasteiger partial charge in [-0.15, -0.1) is 5.10 Å². The third-order valence-electron chi connectivity index (χ3n) is 4.29. The molecule has 0 radical (unpaired) electrons. The fraction of sp³-hybridized carbons (Fsp3) is 0.900. The summed E-state index contributed by atoms with van der Waals surface area (Å²) in [5, 5.41) is 8.18. The van der Waals surface area contributed by atoms with E-state index in [0.29, 0.717) is 58.1 Å². The Balaban J connectivity index is 1.99. The van der Waals surface area contributed by atoms with Crippen LogP contribution in [0.2, 0.25) is 0 Å². The largest absolute Gasteiger partial charge is 0.379 e. The summed E-state index contributed by atoms with van der Waals surface area (Å²) in [6.07, 6.45) is 5.33. The van der Waals surface area contributed by atoms with E-state index in [1.165, 1.54) is 6.26 Å². The molecular weight excluding hydrogens is 408 g/mol. The Labute approximate surface area is 182 Å². The molecule has 1 heterocycles. The summed E-state index contributed by atoms with van der Waals surface area (Å²) in [5.74, 6) is 0.136. The maximum absolute atomic E-state index is 11.2. The molecule has 0 saturated carbocycles. The lowest BCUT2D eigenvalue weighted by Gasteiger charge is -2.17. The number of hydrogen-bond acceptors (Lipinski definition) is 8. The summed E-state index contributed by atoms with van der Waals surface area (Å²) < 4.78 is 40.8. The van der Waals surface area contributed by atoms with E-state index in [-0.39, 0.29) is 5.75 Å². The number of aromatic nitrogens is 3. The molecule has 0 bridgehead atoms. The van der Waals surface area contributed by atoms with Crippen molar-refractivity contribution in [3.8, 4) is 0 Å². The van der Waals surface area contributed by atoms with Crippen LogP contribution in [0.15, 0.2) is 6.20 Å². The second kappa shape index (κ2) is 14.1. The van der Waals surface area contributed by atoms with Crippen molar-refractivity contribution >= 4 is 9.84 Å². The van der Waals surface area contributed by atoms with Crippen molar-refractivity contribution in [2.24, 2.45) is 5.41 Å². The molecule has 0 N–H and O–H groups in total. The molecule has 30 heavy (non-hydrogen) atoms. The first-order valence-corrected chi connectivity index (χ1v) is 12.6. The number of nitrogens with zero attached hydrogens (tertiary/aromatic N) is 4. The van der Waals surface area contributed by atoms with Crippen molar-refractivity contribution < 1.29 is 22.6 Å². The third kappa shape index (κ3) is 15.7. The summed E-state index contributed by atoms with van der Waals surface area (Å²) in [7, 11) is -1.09. The fourth-order valence-electron chi connectivity index (χ4n) is 2.60. The Morgan fingerprint density at radius 1 is 1.03 bits per heavy atom. The first-order valence-electron chi connectivity index (χ1n) is 10.5. The minimum Gasteiger partial charge on any atom is -0.379 e. The van der Waals surface area contributed by atoms with Gasteiger partial charge in [0, 0.05) is 32.1 Å². The monoisotopic (exact) mass is 448 g/mol. The van der Waals surface area contributed by atoms with E-state index < -0.39 is 9.84 Å². The molecule has 176 valence electrons. The molecule has 0 saturated heterocycles. The van der Waals surface area contributed by atoms with E-state index in [9.17, 15) is 8.42 Å². The Morgan fingerprint density at radius 3 is 2.23 bits per heavy atom. The second-order valence-electron chi connectivity index (χ2n) is 8.84. The molecule has 0 spiro atoms. The average Bonchev–Trinajstić information content (AvgIpc) is 3.06. The zero-order valence-electron chi connectivity index (χ0n) is 19.3. The lowest BCUT2D eigenvalue weighted by Crippen LogP contribution is -2.25. The van der Waals surface area contributed by atoms with Gasteiger partial charge in [0.05, 0.1) is 51.0 Å². The van der Waals surface area contributed by atoms with Crippen molar-refractivity contribution in [2.75, 3.05) is 65.2 Å². The molecular formula is C20H40N4O5S. The van der Waals surface area contributed by atoms with Crippen LogP contribution in [-0.2, 0) is 37.1 Å². The van der Waals surface area contributed by atoms with E-state index in [1.807, 2.05) is 18.1 Å². The van der Waals surface area contributed by atoms with Crippen LogP contribution < -0.4 is 0 Å². The Kier molecular flexibility index (Phi) is 12.7.